The van der Waals surface area contributed by atoms with Gasteiger partial charge in [0.05, 0.1) is 5.69 Å². The van der Waals surface area contributed by atoms with Gasteiger partial charge in [0.15, 0.2) is 0 Å². The molecule has 1 N–H and O–H groups in total. The molecule has 2 aliphatic rings. The molecule has 2 heterocycles. The molecule has 0 atom stereocenters. The van der Waals surface area contributed by atoms with Gasteiger partial charge in [-0.2, -0.15) is 0 Å². The summed E-state index contributed by atoms with van der Waals surface area (Å²) in [5, 5.41) is 3.47. The van der Waals surface area contributed by atoms with Crippen molar-refractivity contribution in [3.8, 4) is 0 Å². The van der Waals surface area contributed by atoms with Crippen LogP contribution in [-0.2, 0) is 13.0 Å². The fourth-order valence-electron chi connectivity index (χ4n) is 3.52. The van der Waals surface area contributed by atoms with Crippen LogP contribution in [0.1, 0.15) is 50.8 Å². The summed E-state index contributed by atoms with van der Waals surface area (Å²) < 4.78 is 0. The van der Waals surface area contributed by atoms with E-state index in [2.05, 4.69) is 34.0 Å². The van der Waals surface area contributed by atoms with Gasteiger partial charge in [-0.3, -0.25) is 0 Å². The zero-order valence-corrected chi connectivity index (χ0v) is 12.7. The molecule has 0 bridgehead atoms. The smallest absolute Gasteiger partial charge is 0.137 e. The summed E-state index contributed by atoms with van der Waals surface area (Å²) in [6.07, 6.45) is 8.17. The van der Waals surface area contributed by atoms with Crippen molar-refractivity contribution >= 4 is 5.82 Å². The van der Waals surface area contributed by atoms with Crippen molar-refractivity contribution in [2.75, 3.05) is 18.0 Å². The second kappa shape index (κ2) is 6.08. The normalized spacial score (nSPS) is 19.4. The molecule has 0 unspecified atom stereocenters. The monoisotopic (exact) mass is 274 g/mol. The molecule has 0 aromatic carbocycles. The number of hydrogen-bond acceptors (Lipinski definition) is 4. The van der Waals surface area contributed by atoms with Gasteiger partial charge in [-0.05, 0) is 18.8 Å². The Bertz CT molecular complexity index is 452. The minimum atomic E-state index is 0.665. The summed E-state index contributed by atoms with van der Waals surface area (Å²) in [7, 11) is 0. The lowest BCUT2D eigenvalue weighted by atomic mass is 10.0. The topological polar surface area (TPSA) is 41.1 Å². The van der Waals surface area contributed by atoms with Gasteiger partial charge >= 0.3 is 0 Å². The molecule has 1 aliphatic carbocycles. The highest BCUT2D eigenvalue weighted by atomic mass is 15.2. The van der Waals surface area contributed by atoms with Crippen molar-refractivity contribution in [2.45, 2.75) is 58.5 Å². The van der Waals surface area contributed by atoms with E-state index in [9.17, 15) is 0 Å². The third-order valence-electron chi connectivity index (χ3n) is 4.45. The van der Waals surface area contributed by atoms with Crippen LogP contribution in [0.3, 0.4) is 0 Å². The number of fused-ring (bicyclic) bond motifs is 1. The molecule has 1 aliphatic heterocycles. The zero-order chi connectivity index (χ0) is 13.9. The average Bonchev–Trinajstić information content (AvgIpc) is 2.98. The van der Waals surface area contributed by atoms with E-state index >= 15 is 0 Å². The van der Waals surface area contributed by atoms with Gasteiger partial charge in [-0.15, -0.1) is 0 Å². The Morgan fingerprint density at radius 1 is 1.30 bits per heavy atom. The van der Waals surface area contributed by atoms with E-state index in [1.165, 1.54) is 42.8 Å². The lowest BCUT2D eigenvalue weighted by molar-refractivity contribution is 0.523. The van der Waals surface area contributed by atoms with Crippen LogP contribution in [0, 0.1) is 5.92 Å². The SMILES string of the molecule is CC(C)CN(c1ncnc2c1CNCC2)C1CCCC1. The molecule has 20 heavy (non-hydrogen) atoms. The van der Waals surface area contributed by atoms with E-state index < -0.39 is 0 Å². The van der Waals surface area contributed by atoms with Gasteiger partial charge in [0, 0.05) is 37.7 Å². The second-order valence-corrected chi connectivity index (χ2v) is 6.53. The predicted molar refractivity (Wildman–Crippen MR) is 81.9 cm³/mol. The summed E-state index contributed by atoms with van der Waals surface area (Å²) in [5.41, 5.74) is 2.59. The van der Waals surface area contributed by atoms with Crippen LogP contribution in [0.15, 0.2) is 6.33 Å². The molecule has 4 heteroatoms. The highest BCUT2D eigenvalue weighted by Crippen LogP contribution is 2.31. The average molecular weight is 274 g/mol. The Morgan fingerprint density at radius 3 is 2.85 bits per heavy atom. The third-order valence-corrected chi connectivity index (χ3v) is 4.45. The third kappa shape index (κ3) is 2.80. The summed E-state index contributed by atoms with van der Waals surface area (Å²) in [6, 6.07) is 0.679. The molecule has 1 aromatic rings. The second-order valence-electron chi connectivity index (χ2n) is 6.53. The Labute approximate surface area is 122 Å². The van der Waals surface area contributed by atoms with Crippen molar-refractivity contribution in [2.24, 2.45) is 5.92 Å². The largest absolute Gasteiger partial charge is 0.353 e. The van der Waals surface area contributed by atoms with Gasteiger partial charge in [0.1, 0.15) is 12.1 Å². The number of anilines is 1. The van der Waals surface area contributed by atoms with Crippen LogP contribution in [0.4, 0.5) is 5.82 Å². The molecule has 0 saturated heterocycles. The van der Waals surface area contributed by atoms with Crippen molar-refractivity contribution < 1.29 is 0 Å². The molecule has 0 radical (unpaired) electrons. The summed E-state index contributed by atoms with van der Waals surface area (Å²) >= 11 is 0. The van der Waals surface area contributed by atoms with Gasteiger partial charge in [-0.1, -0.05) is 26.7 Å². The van der Waals surface area contributed by atoms with Gasteiger partial charge in [-0.25, -0.2) is 9.97 Å². The molecular weight excluding hydrogens is 248 g/mol. The van der Waals surface area contributed by atoms with E-state index in [4.69, 9.17) is 0 Å². The lowest BCUT2D eigenvalue weighted by Gasteiger charge is -2.34. The first-order valence-corrected chi connectivity index (χ1v) is 8.06. The Hall–Kier alpha value is -1.16. The quantitative estimate of drug-likeness (QED) is 0.916. The van der Waals surface area contributed by atoms with E-state index in [0.29, 0.717) is 12.0 Å². The van der Waals surface area contributed by atoms with Crippen molar-refractivity contribution in [1.29, 1.82) is 0 Å². The minimum Gasteiger partial charge on any atom is -0.353 e. The molecule has 1 saturated carbocycles. The number of aromatic nitrogens is 2. The van der Waals surface area contributed by atoms with Crippen molar-refractivity contribution in [1.82, 2.24) is 15.3 Å². The Balaban J connectivity index is 1.93. The molecule has 0 spiro atoms. The molecule has 1 aromatic heterocycles. The van der Waals surface area contributed by atoms with E-state index in [-0.39, 0.29) is 0 Å². The molecule has 3 rings (SSSR count). The van der Waals surface area contributed by atoms with Gasteiger partial charge in [0.2, 0.25) is 0 Å². The molecule has 1 fully saturated rings. The molecule has 110 valence electrons. The van der Waals surface area contributed by atoms with E-state index in [1.54, 1.807) is 6.33 Å². The fraction of sp³-hybridized carbons (Fsp3) is 0.750. The zero-order valence-electron chi connectivity index (χ0n) is 12.7. The summed E-state index contributed by atoms with van der Waals surface area (Å²) in [5.74, 6) is 1.86. The molecule has 4 nitrogen and oxygen atoms in total. The summed E-state index contributed by atoms with van der Waals surface area (Å²) in [4.78, 5) is 11.7. The van der Waals surface area contributed by atoms with Crippen LogP contribution in [-0.4, -0.2) is 29.1 Å². The maximum Gasteiger partial charge on any atom is 0.137 e. The first-order chi connectivity index (χ1) is 9.75. The molecular formula is C16H26N4. The van der Waals surface area contributed by atoms with Crippen LogP contribution < -0.4 is 10.2 Å². The maximum atomic E-state index is 4.66. The first-order valence-electron chi connectivity index (χ1n) is 8.06. The standard InChI is InChI=1S/C16H26N4/c1-12(2)10-20(13-5-3-4-6-13)16-14-9-17-8-7-15(14)18-11-19-16/h11-13,17H,3-10H2,1-2H3. The molecule has 0 amide bonds. The van der Waals surface area contributed by atoms with Gasteiger partial charge < -0.3 is 10.2 Å². The Morgan fingerprint density at radius 2 is 2.10 bits per heavy atom. The van der Waals surface area contributed by atoms with Crippen LogP contribution in [0.25, 0.3) is 0 Å². The van der Waals surface area contributed by atoms with Crippen molar-refractivity contribution in [3.05, 3.63) is 17.6 Å². The minimum absolute atomic E-state index is 0.665. The number of nitrogens with one attached hydrogen (secondary N) is 1. The van der Waals surface area contributed by atoms with E-state index in [0.717, 1.165) is 26.1 Å². The van der Waals surface area contributed by atoms with E-state index in [1.807, 2.05) is 0 Å². The van der Waals surface area contributed by atoms with Crippen LogP contribution in [0.5, 0.6) is 0 Å². The Kier molecular flexibility index (Phi) is 4.20. The first kappa shape index (κ1) is 13.8. The number of hydrogen-bond donors (Lipinski definition) is 1. The summed E-state index contributed by atoms with van der Waals surface area (Å²) in [6.45, 7) is 7.67. The lowest BCUT2D eigenvalue weighted by Crippen LogP contribution is -2.39. The maximum absolute atomic E-state index is 4.66. The highest BCUT2D eigenvalue weighted by Gasteiger charge is 2.27. The highest BCUT2D eigenvalue weighted by molar-refractivity contribution is 5.50. The van der Waals surface area contributed by atoms with Crippen LogP contribution in [0.2, 0.25) is 0 Å². The predicted octanol–water partition coefficient (Wildman–Crippen LogP) is 2.53. The van der Waals surface area contributed by atoms with Crippen molar-refractivity contribution in [3.63, 3.8) is 0 Å². The van der Waals surface area contributed by atoms with Gasteiger partial charge in [0.25, 0.3) is 0 Å². The van der Waals surface area contributed by atoms with Crippen LogP contribution >= 0.6 is 0 Å². The fourth-order valence-corrected chi connectivity index (χ4v) is 3.52. The number of nitrogens with zero attached hydrogens (tertiary/aromatic N) is 3. The number of rotatable bonds is 4.